The normalized spacial score (nSPS) is 23.9. The molecule has 0 unspecified atom stereocenters. The average molecular weight is 440 g/mol. The summed E-state index contributed by atoms with van der Waals surface area (Å²) in [6.45, 7) is 1.86. The van der Waals surface area contributed by atoms with E-state index in [9.17, 15) is 14.7 Å². The third kappa shape index (κ3) is 3.68. The number of allylic oxidation sites excluding steroid dienone is 1. The van der Waals surface area contributed by atoms with Gasteiger partial charge in [-0.15, -0.1) is 0 Å². The minimum Gasteiger partial charge on any atom is -0.507 e. The fraction of sp³-hybridized carbons (Fsp3) is 0.250. The van der Waals surface area contributed by atoms with Crippen molar-refractivity contribution in [3.8, 4) is 5.75 Å². The highest BCUT2D eigenvalue weighted by molar-refractivity contribution is 6.30. The van der Waals surface area contributed by atoms with Crippen molar-refractivity contribution in [2.75, 3.05) is 14.2 Å². The molecule has 1 N–H and O–H groups in total. The van der Waals surface area contributed by atoms with Crippen LogP contribution in [0, 0.1) is 0 Å². The number of amides is 1. The quantitative estimate of drug-likeness (QED) is 0.426. The van der Waals surface area contributed by atoms with Crippen LogP contribution >= 0.6 is 11.6 Å². The van der Waals surface area contributed by atoms with Crippen molar-refractivity contribution in [3.05, 3.63) is 81.6 Å². The van der Waals surface area contributed by atoms with Gasteiger partial charge in [0.1, 0.15) is 11.5 Å². The minimum absolute atomic E-state index is 0.117. The molecular formula is C24H22ClNO5. The number of hydrogen-bond acceptors (Lipinski definition) is 5. The summed E-state index contributed by atoms with van der Waals surface area (Å²) in [7, 11) is 2.99. The maximum atomic E-state index is 13.2. The molecule has 1 amide bonds. The van der Waals surface area contributed by atoms with E-state index in [1.165, 1.54) is 18.1 Å². The lowest BCUT2D eigenvalue weighted by atomic mass is 9.77. The number of halogens is 1. The Balaban J connectivity index is 1.72. The van der Waals surface area contributed by atoms with Gasteiger partial charge < -0.3 is 19.5 Å². The highest BCUT2D eigenvalue weighted by atomic mass is 35.5. The molecule has 2 heterocycles. The van der Waals surface area contributed by atoms with Gasteiger partial charge in [-0.1, -0.05) is 29.8 Å². The summed E-state index contributed by atoms with van der Waals surface area (Å²) < 4.78 is 10.8. The number of nitrogens with zero attached hydrogens (tertiary/aromatic N) is 1. The zero-order valence-electron chi connectivity index (χ0n) is 17.4. The summed E-state index contributed by atoms with van der Waals surface area (Å²) in [5, 5.41) is 11.4. The van der Waals surface area contributed by atoms with Crippen LogP contribution < -0.4 is 4.74 Å². The van der Waals surface area contributed by atoms with E-state index in [2.05, 4.69) is 0 Å². The lowest BCUT2D eigenvalue weighted by molar-refractivity contribution is -0.153. The van der Waals surface area contributed by atoms with Gasteiger partial charge >= 0.3 is 5.97 Å². The predicted molar refractivity (Wildman–Crippen MR) is 117 cm³/mol. The van der Waals surface area contributed by atoms with Crippen molar-refractivity contribution in [3.63, 3.8) is 0 Å². The number of hydrogen-bond donors (Lipinski definition) is 1. The molecule has 6 nitrogen and oxygen atoms in total. The van der Waals surface area contributed by atoms with Crippen molar-refractivity contribution < 1.29 is 24.2 Å². The largest absolute Gasteiger partial charge is 0.507 e. The van der Waals surface area contributed by atoms with Gasteiger partial charge in [0, 0.05) is 30.0 Å². The van der Waals surface area contributed by atoms with Gasteiger partial charge in [0.05, 0.1) is 18.2 Å². The predicted octanol–water partition coefficient (Wildman–Crippen LogP) is 4.71. The van der Waals surface area contributed by atoms with E-state index in [0.717, 1.165) is 11.1 Å². The monoisotopic (exact) mass is 439 g/mol. The average Bonchev–Trinajstić information content (AvgIpc) is 2.76. The summed E-state index contributed by atoms with van der Waals surface area (Å²) in [4.78, 5) is 26.2. The Morgan fingerprint density at radius 2 is 2.00 bits per heavy atom. The Bertz CT molecular complexity index is 1120. The van der Waals surface area contributed by atoms with Crippen molar-refractivity contribution in [1.29, 1.82) is 0 Å². The second kappa shape index (κ2) is 7.78. The van der Waals surface area contributed by atoms with E-state index in [1.807, 2.05) is 6.92 Å². The van der Waals surface area contributed by atoms with Crippen LogP contribution in [-0.2, 0) is 9.53 Å². The molecule has 31 heavy (non-hydrogen) atoms. The van der Waals surface area contributed by atoms with Gasteiger partial charge in [-0.2, -0.15) is 0 Å². The highest BCUT2D eigenvalue weighted by Gasteiger charge is 2.51. The first-order chi connectivity index (χ1) is 14.7. The topological polar surface area (TPSA) is 76.1 Å². The summed E-state index contributed by atoms with van der Waals surface area (Å²) >= 11 is 6.19. The van der Waals surface area contributed by atoms with Crippen molar-refractivity contribution in [2.45, 2.75) is 25.0 Å². The smallest absolute Gasteiger partial charge is 0.337 e. The number of piperidine rings is 1. The number of likely N-dealkylation sites (tertiary alicyclic amines) is 1. The summed E-state index contributed by atoms with van der Waals surface area (Å²) in [5.41, 5.74) is 1.47. The lowest BCUT2D eigenvalue weighted by Gasteiger charge is -2.50. The first-order valence-corrected chi connectivity index (χ1v) is 10.2. The van der Waals surface area contributed by atoms with E-state index < -0.39 is 11.7 Å². The number of methoxy groups -OCH3 is 1. The Kier molecular flexibility index (Phi) is 5.27. The number of rotatable bonds is 3. The number of carbonyl (C=O) groups is 2. The SMILES string of the molecule is COC(=O)c1ccc(/C=C/C(O)=C2/C(=O)N(C)[C@@]3(C)C[C@H]2c2cc(Cl)ccc2O3)cc1. The second-order valence-corrected chi connectivity index (χ2v) is 8.26. The van der Waals surface area contributed by atoms with E-state index >= 15 is 0 Å². The summed E-state index contributed by atoms with van der Waals surface area (Å²) in [5.74, 6) is -0.532. The van der Waals surface area contributed by atoms with Crippen LogP contribution in [0.1, 0.15) is 40.7 Å². The third-order valence-electron chi connectivity index (χ3n) is 5.89. The molecule has 160 valence electrons. The van der Waals surface area contributed by atoms with Gasteiger partial charge in [0.2, 0.25) is 0 Å². The van der Waals surface area contributed by atoms with Crippen molar-refractivity contribution in [1.82, 2.24) is 4.90 Å². The van der Waals surface area contributed by atoms with Crippen LogP contribution in [0.25, 0.3) is 6.08 Å². The van der Waals surface area contributed by atoms with E-state index in [-0.39, 0.29) is 17.6 Å². The first-order valence-electron chi connectivity index (χ1n) is 9.80. The van der Waals surface area contributed by atoms with Crippen LogP contribution in [0.4, 0.5) is 0 Å². The lowest BCUT2D eigenvalue weighted by Crippen LogP contribution is -2.59. The molecule has 2 aromatic carbocycles. The second-order valence-electron chi connectivity index (χ2n) is 7.83. The molecule has 4 rings (SSSR count). The van der Waals surface area contributed by atoms with Crippen molar-refractivity contribution >= 4 is 29.6 Å². The zero-order chi connectivity index (χ0) is 22.3. The van der Waals surface area contributed by atoms with Crippen LogP contribution in [0.3, 0.4) is 0 Å². The number of aliphatic hydroxyl groups excluding tert-OH is 1. The maximum absolute atomic E-state index is 13.2. The van der Waals surface area contributed by atoms with E-state index in [1.54, 1.807) is 55.6 Å². The first kappa shape index (κ1) is 21.0. The van der Waals surface area contributed by atoms with Crippen LogP contribution in [0.5, 0.6) is 5.75 Å². The number of aliphatic hydroxyl groups is 1. The fourth-order valence-corrected chi connectivity index (χ4v) is 4.24. The van der Waals surface area contributed by atoms with Gasteiger partial charge in [-0.05, 0) is 48.9 Å². The van der Waals surface area contributed by atoms with Gasteiger partial charge in [-0.3, -0.25) is 4.79 Å². The Labute approximate surface area is 185 Å². The maximum Gasteiger partial charge on any atom is 0.337 e. The molecule has 2 aromatic rings. The van der Waals surface area contributed by atoms with E-state index in [4.69, 9.17) is 21.1 Å². The highest BCUT2D eigenvalue weighted by Crippen LogP contribution is 2.50. The number of benzene rings is 2. The number of esters is 1. The molecule has 2 aliphatic rings. The third-order valence-corrected chi connectivity index (χ3v) is 6.13. The number of carbonyl (C=O) groups excluding carboxylic acids is 2. The molecule has 0 aliphatic carbocycles. The molecule has 0 saturated carbocycles. The van der Waals surface area contributed by atoms with Gasteiger partial charge in [0.25, 0.3) is 5.91 Å². The standard InChI is InChI=1S/C24H22ClNO5/c1-24-13-18(17-12-16(25)9-11-20(17)31-24)21(22(28)26(24)2)19(27)10-6-14-4-7-15(8-5-14)23(29)30-3/h4-12,18,27H,13H2,1-3H3/b10-6+,21-19-/t18-,24+/m0/s1. The Hall–Kier alpha value is -3.25. The molecule has 1 saturated heterocycles. The molecule has 2 bridgehead atoms. The Morgan fingerprint density at radius 1 is 1.29 bits per heavy atom. The zero-order valence-corrected chi connectivity index (χ0v) is 18.1. The van der Waals surface area contributed by atoms with Gasteiger partial charge in [0.15, 0.2) is 5.72 Å². The van der Waals surface area contributed by atoms with Crippen LogP contribution in [-0.4, -0.2) is 41.8 Å². The fourth-order valence-electron chi connectivity index (χ4n) is 4.06. The molecule has 7 heteroatoms. The molecule has 1 fully saturated rings. The van der Waals surface area contributed by atoms with E-state index in [0.29, 0.717) is 28.3 Å². The Morgan fingerprint density at radius 3 is 2.68 bits per heavy atom. The molecule has 2 aliphatic heterocycles. The minimum atomic E-state index is -0.806. The summed E-state index contributed by atoms with van der Waals surface area (Å²) in [6.07, 6.45) is 3.68. The molecule has 0 spiro atoms. The van der Waals surface area contributed by atoms with Crippen LogP contribution in [0.2, 0.25) is 5.02 Å². The van der Waals surface area contributed by atoms with Crippen LogP contribution in [0.15, 0.2) is 59.9 Å². The molecule has 2 atom stereocenters. The summed E-state index contributed by atoms with van der Waals surface area (Å²) in [6, 6.07) is 12.1. The van der Waals surface area contributed by atoms with Gasteiger partial charge in [-0.25, -0.2) is 4.79 Å². The number of fused-ring (bicyclic) bond motifs is 4. The molecule has 0 aromatic heterocycles. The molecule has 0 radical (unpaired) electrons. The number of ether oxygens (including phenoxy) is 2. The van der Waals surface area contributed by atoms with Crippen molar-refractivity contribution in [2.24, 2.45) is 0 Å². The molecular weight excluding hydrogens is 418 g/mol. The number of likely N-dealkylation sites (N-methyl/N-ethyl adjacent to an activating group) is 1.